The van der Waals surface area contributed by atoms with Crippen molar-refractivity contribution in [3.8, 4) is 0 Å². The molecule has 0 heterocycles. The second kappa shape index (κ2) is 5.72. The summed E-state index contributed by atoms with van der Waals surface area (Å²) in [6.45, 7) is 4.89. The van der Waals surface area contributed by atoms with E-state index in [-0.39, 0.29) is 17.6 Å². The van der Waals surface area contributed by atoms with Crippen molar-refractivity contribution in [3.63, 3.8) is 0 Å². The zero-order chi connectivity index (χ0) is 13.2. The standard InChI is InChI=1S/C15H21BrO2/c1-3-15(4-2)13(17)9-14(15)18-10-11-7-5-6-8-12(11)16/h5-8,13-14,17H,3-4,9-10H2,1-2H3. The van der Waals surface area contributed by atoms with Crippen LogP contribution in [0, 0.1) is 5.41 Å². The Morgan fingerprint density at radius 2 is 2.00 bits per heavy atom. The lowest BCUT2D eigenvalue weighted by atomic mass is 9.60. The number of hydrogen-bond donors (Lipinski definition) is 1. The molecule has 0 radical (unpaired) electrons. The van der Waals surface area contributed by atoms with E-state index in [0.29, 0.717) is 6.61 Å². The van der Waals surface area contributed by atoms with E-state index in [1.165, 1.54) is 5.56 Å². The summed E-state index contributed by atoms with van der Waals surface area (Å²) in [7, 11) is 0. The summed E-state index contributed by atoms with van der Waals surface area (Å²) in [6.07, 6.45) is 2.72. The predicted molar refractivity (Wildman–Crippen MR) is 76.4 cm³/mol. The van der Waals surface area contributed by atoms with Gasteiger partial charge >= 0.3 is 0 Å². The first-order valence-electron chi connectivity index (χ1n) is 6.67. The van der Waals surface area contributed by atoms with Gasteiger partial charge in [-0.1, -0.05) is 48.0 Å². The third-order valence-corrected chi connectivity index (χ3v) is 5.23. The first-order valence-corrected chi connectivity index (χ1v) is 7.46. The number of aliphatic hydroxyl groups is 1. The first-order chi connectivity index (χ1) is 8.64. The van der Waals surface area contributed by atoms with Crippen molar-refractivity contribution in [1.82, 2.24) is 0 Å². The Labute approximate surface area is 117 Å². The number of aliphatic hydroxyl groups excluding tert-OH is 1. The zero-order valence-corrected chi connectivity index (χ0v) is 12.6. The molecule has 2 rings (SSSR count). The Morgan fingerprint density at radius 1 is 1.33 bits per heavy atom. The molecule has 1 aromatic carbocycles. The fraction of sp³-hybridized carbons (Fsp3) is 0.600. The fourth-order valence-electron chi connectivity index (χ4n) is 2.94. The van der Waals surface area contributed by atoms with Crippen LogP contribution in [0.15, 0.2) is 28.7 Å². The van der Waals surface area contributed by atoms with E-state index in [0.717, 1.165) is 23.7 Å². The smallest absolute Gasteiger partial charge is 0.0731 e. The molecule has 2 unspecified atom stereocenters. The van der Waals surface area contributed by atoms with Crippen LogP contribution in [-0.4, -0.2) is 17.3 Å². The van der Waals surface area contributed by atoms with Gasteiger partial charge in [-0.2, -0.15) is 0 Å². The molecular weight excluding hydrogens is 292 g/mol. The van der Waals surface area contributed by atoms with Crippen molar-refractivity contribution in [1.29, 1.82) is 0 Å². The molecule has 1 fully saturated rings. The average Bonchev–Trinajstić information content (AvgIpc) is 2.37. The Kier molecular flexibility index (Phi) is 4.46. The summed E-state index contributed by atoms with van der Waals surface area (Å²) in [5.41, 5.74) is 1.14. The van der Waals surface area contributed by atoms with E-state index in [4.69, 9.17) is 4.74 Å². The van der Waals surface area contributed by atoms with Crippen LogP contribution in [0.3, 0.4) is 0 Å². The van der Waals surface area contributed by atoms with Crippen LogP contribution in [0.2, 0.25) is 0 Å². The summed E-state index contributed by atoms with van der Waals surface area (Å²) in [4.78, 5) is 0. The molecule has 0 bridgehead atoms. The summed E-state index contributed by atoms with van der Waals surface area (Å²) >= 11 is 3.53. The minimum Gasteiger partial charge on any atom is -0.392 e. The van der Waals surface area contributed by atoms with Gasteiger partial charge in [0.25, 0.3) is 0 Å². The molecule has 1 aliphatic carbocycles. The molecule has 2 atom stereocenters. The van der Waals surface area contributed by atoms with E-state index in [9.17, 15) is 5.11 Å². The van der Waals surface area contributed by atoms with Gasteiger partial charge in [-0.25, -0.2) is 0 Å². The van der Waals surface area contributed by atoms with Gasteiger partial charge < -0.3 is 9.84 Å². The molecule has 0 spiro atoms. The van der Waals surface area contributed by atoms with Gasteiger partial charge in [0.2, 0.25) is 0 Å². The Balaban J connectivity index is 1.98. The van der Waals surface area contributed by atoms with Crippen LogP contribution in [0.25, 0.3) is 0 Å². The third-order valence-electron chi connectivity index (χ3n) is 4.46. The van der Waals surface area contributed by atoms with E-state index in [1.54, 1.807) is 0 Å². The van der Waals surface area contributed by atoms with E-state index < -0.39 is 0 Å². The highest BCUT2D eigenvalue weighted by atomic mass is 79.9. The van der Waals surface area contributed by atoms with Gasteiger partial charge in [0.1, 0.15) is 0 Å². The normalized spacial score (nSPS) is 25.8. The molecule has 18 heavy (non-hydrogen) atoms. The van der Waals surface area contributed by atoms with Crippen molar-refractivity contribution in [2.45, 2.75) is 51.9 Å². The summed E-state index contributed by atoms with van der Waals surface area (Å²) in [5, 5.41) is 9.99. The molecule has 0 aromatic heterocycles. The van der Waals surface area contributed by atoms with Crippen LogP contribution in [0.5, 0.6) is 0 Å². The maximum absolute atomic E-state index is 9.99. The van der Waals surface area contributed by atoms with Crippen molar-refractivity contribution in [2.75, 3.05) is 0 Å². The second-order valence-electron chi connectivity index (χ2n) is 5.08. The van der Waals surface area contributed by atoms with Crippen molar-refractivity contribution in [2.24, 2.45) is 5.41 Å². The molecule has 3 heteroatoms. The molecule has 2 nitrogen and oxygen atoms in total. The topological polar surface area (TPSA) is 29.5 Å². The molecule has 1 saturated carbocycles. The molecule has 0 saturated heterocycles. The summed E-state index contributed by atoms with van der Waals surface area (Å²) in [5.74, 6) is 0. The minimum absolute atomic E-state index is 0.0265. The van der Waals surface area contributed by atoms with Gasteiger partial charge in [0, 0.05) is 16.3 Å². The summed E-state index contributed by atoms with van der Waals surface area (Å²) < 4.78 is 7.11. The molecular formula is C15H21BrO2. The number of benzene rings is 1. The lowest BCUT2D eigenvalue weighted by Gasteiger charge is -2.52. The number of hydrogen-bond acceptors (Lipinski definition) is 2. The van der Waals surface area contributed by atoms with Gasteiger partial charge in [-0.3, -0.25) is 0 Å². The quantitative estimate of drug-likeness (QED) is 0.893. The van der Waals surface area contributed by atoms with Gasteiger partial charge in [0.05, 0.1) is 18.8 Å². The average molecular weight is 313 g/mol. The predicted octanol–water partition coefficient (Wildman–Crippen LogP) is 3.91. The Bertz CT molecular complexity index is 401. The number of halogens is 1. The van der Waals surface area contributed by atoms with Gasteiger partial charge in [0.15, 0.2) is 0 Å². The third kappa shape index (κ3) is 2.36. The Hall–Kier alpha value is -0.380. The molecule has 0 aliphatic heterocycles. The molecule has 1 aromatic rings. The largest absolute Gasteiger partial charge is 0.392 e. The number of rotatable bonds is 5. The van der Waals surface area contributed by atoms with Crippen LogP contribution in [-0.2, 0) is 11.3 Å². The van der Waals surface area contributed by atoms with Crippen molar-refractivity contribution >= 4 is 15.9 Å². The number of ether oxygens (including phenoxy) is 1. The monoisotopic (exact) mass is 312 g/mol. The zero-order valence-electron chi connectivity index (χ0n) is 11.0. The fourth-order valence-corrected chi connectivity index (χ4v) is 3.34. The Morgan fingerprint density at radius 3 is 2.56 bits per heavy atom. The van der Waals surface area contributed by atoms with Crippen LogP contribution < -0.4 is 0 Å². The summed E-state index contributed by atoms with van der Waals surface area (Å²) in [6, 6.07) is 8.12. The van der Waals surface area contributed by atoms with E-state index in [2.05, 4.69) is 35.8 Å². The maximum atomic E-state index is 9.99. The van der Waals surface area contributed by atoms with E-state index in [1.807, 2.05) is 18.2 Å². The SMILES string of the molecule is CCC1(CC)C(O)CC1OCc1ccccc1Br. The van der Waals surface area contributed by atoms with Gasteiger partial charge in [-0.05, 0) is 24.5 Å². The molecule has 1 N–H and O–H groups in total. The van der Waals surface area contributed by atoms with Crippen LogP contribution in [0.4, 0.5) is 0 Å². The van der Waals surface area contributed by atoms with Crippen LogP contribution in [0.1, 0.15) is 38.7 Å². The highest BCUT2D eigenvalue weighted by Gasteiger charge is 2.52. The van der Waals surface area contributed by atoms with Gasteiger partial charge in [-0.15, -0.1) is 0 Å². The maximum Gasteiger partial charge on any atom is 0.0731 e. The first kappa shape index (κ1) is 14.0. The van der Waals surface area contributed by atoms with E-state index >= 15 is 0 Å². The van der Waals surface area contributed by atoms with Crippen LogP contribution >= 0.6 is 15.9 Å². The second-order valence-corrected chi connectivity index (χ2v) is 5.94. The highest BCUT2D eigenvalue weighted by Crippen LogP contribution is 2.49. The van der Waals surface area contributed by atoms with Crippen molar-refractivity contribution in [3.05, 3.63) is 34.3 Å². The minimum atomic E-state index is -0.197. The van der Waals surface area contributed by atoms with Crippen molar-refractivity contribution < 1.29 is 9.84 Å². The molecule has 1 aliphatic rings. The molecule has 100 valence electrons. The lowest BCUT2D eigenvalue weighted by Crippen LogP contribution is -2.57. The highest BCUT2D eigenvalue weighted by molar-refractivity contribution is 9.10. The lowest BCUT2D eigenvalue weighted by molar-refractivity contribution is -0.200. The molecule has 0 amide bonds.